The van der Waals surface area contributed by atoms with Gasteiger partial charge in [-0.05, 0) is 66.6 Å². The Balaban J connectivity index is 1.94. The summed E-state index contributed by atoms with van der Waals surface area (Å²) in [7, 11) is 0. The SMILES string of the molecule is C=C[C@]1(C)CC[C@H]2C(=CC[C@@H]3[C@](C)(CO)CCC[C@]32C)C1. The van der Waals surface area contributed by atoms with E-state index in [1.54, 1.807) is 5.57 Å². The van der Waals surface area contributed by atoms with Crippen molar-refractivity contribution >= 4 is 0 Å². The Morgan fingerprint density at radius 2 is 2.05 bits per heavy atom. The Hall–Kier alpha value is -0.560. The average Bonchev–Trinajstić information content (AvgIpc) is 2.46. The van der Waals surface area contributed by atoms with Crippen LogP contribution in [0, 0.1) is 28.1 Å². The van der Waals surface area contributed by atoms with E-state index < -0.39 is 0 Å². The van der Waals surface area contributed by atoms with Crippen LogP contribution in [0.1, 0.15) is 65.7 Å². The molecule has 0 unspecified atom stereocenters. The molecule has 5 atom stereocenters. The summed E-state index contributed by atoms with van der Waals surface area (Å²) in [5, 5.41) is 9.99. The standard InChI is InChI=1S/C20H32O/c1-5-18(2)12-9-16-15(13-18)7-8-17-19(3,14-21)10-6-11-20(16,17)4/h5,7,16-17,21H,1,6,8-14H2,2-4H3/t16-,17+,18+,19-,20-/m0/s1. The van der Waals surface area contributed by atoms with E-state index in [2.05, 4.69) is 39.5 Å². The van der Waals surface area contributed by atoms with E-state index in [4.69, 9.17) is 0 Å². The maximum Gasteiger partial charge on any atom is 0.0487 e. The highest BCUT2D eigenvalue weighted by Gasteiger charge is 2.55. The first-order chi connectivity index (χ1) is 9.87. The smallest absolute Gasteiger partial charge is 0.0487 e. The van der Waals surface area contributed by atoms with E-state index in [0.29, 0.717) is 23.4 Å². The van der Waals surface area contributed by atoms with Crippen LogP contribution in [0.4, 0.5) is 0 Å². The van der Waals surface area contributed by atoms with Crippen LogP contribution in [0.15, 0.2) is 24.3 Å². The normalized spacial score (nSPS) is 49.8. The van der Waals surface area contributed by atoms with E-state index >= 15 is 0 Å². The van der Waals surface area contributed by atoms with Crippen molar-refractivity contribution in [3.05, 3.63) is 24.3 Å². The molecule has 2 fully saturated rings. The van der Waals surface area contributed by atoms with Gasteiger partial charge < -0.3 is 5.11 Å². The van der Waals surface area contributed by atoms with Crippen LogP contribution >= 0.6 is 0 Å². The van der Waals surface area contributed by atoms with E-state index in [-0.39, 0.29) is 5.41 Å². The summed E-state index contributed by atoms with van der Waals surface area (Å²) in [6.07, 6.45) is 13.5. The summed E-state index contributed by atoms with van der Waals surface area (Å²) in [5.74, 6) is 1.40. The van der Waals surface area contributed by atoms with E-state index in [1.165, 1.54) is 44.9 Å². The second kappa shape index (κ2) is 4.98. The third-order valence-electron chi connectivity index (χ3n) is 7.43. The fourth-order valence-corrected chi connectivity index (χ4v) is 5.93. The molecule has 0 amide bonds. The molecule has 3 aliphatic rings. The summed E-state index contributed by atoms with van der Waals surface area (Å²) >= 11 is 0. The van der Waals surface area contributed by atoms with Gasteiger partial charge in [0.25, 0.3) is 0 Å². The maximum atomic E-state index is 9.99. The zero-order valence-electron chi connectivity index (χ0n) is 14.1. The monoisotopic (exact) mass is 288 g/mol. The Labute approximate surface area is 130 Å². The lowest BCUT2D eigenvalue weighted by Gasteiger charge is -2.59. The van der Waals surface area contributed by atoms with Crippen LogP contribution in [0.3, 0.4) is 0 Å². The van der Waals surface area contributed by atoms with Crippen molar-refractivity contribution in [2.24, 2.45) is 28.1 Å². The lowest BCUT2D eigenvalue weighted by Crippen LogP contribution is -2.52. The molecule has 0 aromatic carbocycles. The summed E-state index contributed by atoms with van der Waals surface area (Å²) in [5.41, 5.74) is 2.54. The average molecular weight is 288 g/mol. The highest BCUT2D eigenvalue weighted by Crippen LogP contribution is 2.63. The number of aliphatic hydroxyl groups is 1. The molecule has 3 aliphatic carbocycles. The number of hydrogen-bond acceptors (Lipinski definition) is 1. The van der Waals surface area contributed by atoms with Gasteiger partial charge in [-0.2, -0.15) is 0 Å². The van der Waals surface area contributed by atoms with Gasteiger partial charge in [0.1, 0.15) is 0 Å². The summed E-state index contributed by atoms with van der Waals surface area (Å²) in [6.45, 7) is 11.6. The zero-order chi connectivity index (χ0) is 15.3. The molecule has 0 bridgehead atoms. The lowest BCUT2D eigenvalue weighted by molar-refractivity contribution is -0.0805. The third kappa shape index (κ3) is 2.23. The van der Waals surface area contributed by atoms with Crippen molar-refractivity contribution in [1.29, 1.82) is 0 Å². The molecule has 21 heavy (non-hydrogen) atoms. The van der Waals surface area contributed by atoms with Gasteiger partial charge in [-0.3, -0.25) is 0 Å². The van der Waals surface area contributed by atoms with Crippen molar-refractivity contribution in [2.45, 2.75) is 65.7 Å². The van der Waals surface area contributed by atoms with Crippen LogP contribution in [0.25, 0.3) is 0 Å². The number of aliphatic hydroxyl groups excluding tert-OH is 1. The van der Waals surface area contributed by atoms with Gasteiger partial charge in [-0.1, -0.05) is 44.9 Å². The van der Waals surface area contributed by atoms with Crippen LogP contribution in [0.5, 0.6) is 0 Å². The minimum absolute atomic E-state index is 0.133. The Kier molecular flexibility index (Phi) is 3.64. The Morgan fingerprint density at radius 3 is 2.71 bits per heavy atom. The Bertz CT molecular complexity index is 464. The van der Waals surface area contributed by atoms with E-state index in [9.17, 15) is 5.11 Å². The Morgan fingerprint density at radius 1 is 1.29 bits per heavy atom. The van der Waals surface area contributed by atoms with E-state index in [1.807, 2.05) is 0 Å². The largest absolute Gasteiger partial charge is 0.396 e. The molecule has 1 heteroatoms. The molecule has 1 N–H and O–H groups in total. The van der Waals surface area contributed by atoms with Crippen molar-refractivity contribution in [2.75, 3.05) is 6.61 Å². The maximum absolute atomic E-state index is 9.99. The molecule has 0 aromatic heterocycles. The molecule has 1 nitrogen and oxygen atoms in total. The summed E-state index contributed by atoms with van der Waals surface area (Å²) < 4.78 is 0. The van der Waals surface area contributed by atoms with Gasteiger partial charge in [0.05, 0.1) is 0 Å². The first kappa shape index (κ1) is 15.3. The van der Waals surface area contributed by atoms with Gasteiger partial charge in [-0.25, -0.2) is 0 Å². The fourth-order valence-electron chi connectivity index (χ4n) is 5.93. The molecule has 0 saturated heterocycles. The van der Waals surface area contributed by atoms with Gasteiger partial charge in [0.2, 0.25) is 0 Å². The van der Waals surface area contributed by atoms with Crippen molar-refractivity contribution < 1.29 is 5.11 Å². The molecule has 0 radical (unpaired) electrons. The van der Waals surface area contributed by atoms with Crippen LogP contribution in [-0.2, 0) is 0 Å². The minimum atomic E-state index is 0.133. The first-order valence-electron chi connectivity index (χ1n) is 8.80. The first-order valence-corrected chi connectivity index (χ1v) is 8.80. The molecule has 0 aromatic rings. The number of allylic oxidation sites excluding steroid dienone is 3. The fraction of sp³-hybridized carbons (Fsp3) is 0.800. The molecule has 0 aliphatic heterocycles. The predicted octanol–water partition coefficient (Wildman–Crippen LogP) is 5.11. The van der Waals surface area contributed by atoms with Gasteiger partial charge in [0.15, 0.2) is 0 Å². The second-order valence-electron chi connectivity index (χ2n) is 8.87. The molecule has 0 heterocycles. The molecular weight excluding hydrogens is 256 g/mol. The molecule has 0 spiro atoms. The molecule has 3 rings (SSSR count). The van der Waals surface area contributed by atoms with Crippen molar-refractivity contribution in [1.82, 2.24) is 0 Å². The second-order valence-corrected chi connectivity index (χ2v) is 8.87. The van der Waals surface area contributed by atoms with Crippen LogP contribution in [-0.4, -0.2) is 11.7 Å². The zero-order valence-corrected chi connectivity index (χ0v) is 14.1. The van der Waals surface area contributed by atoms with Crippen LogP contribution in [0.2, 0.25) is 0 Å². The van der Waals surface area contributed by atoms with E-state index in [0.717, 1.165) is 5.92 Å². The number of fused-ring (bicyclic) bond motifs is 3. The minimum Gasteiger partial charge on any atom is -0.396 e. The number of hydrogen-bond donors (Lipinski definition) is 1. The summed E-state index contributed by atoms with van der Waals surface area (Å²) in [4.78, 5) is 0. The molecular formula is C20H32O. The predicted molar refractivity (Wildman–Crippen MR) is 89.0 cm³/mol. The highest BCUT2D eigenvalue weighted by molar-refractivity contribution is 5.25. The highest BCUT2D eigenvalue weighted by atomic mass is 16.3. The number of rotatable bonds is 2. The topological polar surface area (TPSA) is 20.2 Å². The van der Waals surface area contributed by atoms with Gasteiger partial charge >= 0.3 is 0 Å². The quantitative estimate of drug-likeness (QED) is 0.700. The lowest BCUT2D eigenvalue weighted by atomic mass is 9.45. The summed E-state index contributed by atoms with van der Waals surface area (Å²) in [6, 6.07) is 0. The van der Waals surface area contributed by atoms with Gasteiger partial charge in [0, 0.05) is 6.61 Å². The van der Waals surface area contributed by atoms with Crippen LogP contribution < -0.4 is 0 Å². The molecule has 118 valence electrons. The van der Waals surface area contributed by atoms with Crippen molar-refractivity contribution in [3.63, 3.8) is 0 Å². The van der Waals surface area contributed by atoms with Crippen molar-refractivity contribution in [3.8, 4) is 0 Å². The molecule has 2 saturated carbocycles. The third-order valence-corrected chi connectivity index (χ3v) is 7.43. The van der Waals surface area contributed by atoms with Gasteiger partial charge in [-0.15, -0.1) is 6.58 Å².